The van der Waals surface area contributed by atoms with Crippen LogP contribution in [0.5, 0.6) is 0 Å². The predicted octanol–water partition coefficient (Wildman–Crippen LogP) is 2.09. The van der Waals surface area contributed by atoms with Gasteiger partial charge in [0.1, 0.15) is 0 Å². The van der Waals surface area contributed by atoms with Gasteiger partial charge in [-0.1, -0.05) is 18.5 Å². The third kappa shape index (κ3) is 2.96. The summed E-state index contributed by atoms with van der Waals surface area (Å²) in [5.41, 5.74) is 0.218. The molecule has 6 heteroatoms. The molecule has 0 fully saturated rings. The van der Waals surface area contributed by atoms with E-state index in [1.54, 1.807) is 6.92 Å². The van der Waals surface area contributed by atoms with Crippen LogP contribution < -0.4 is 5.32 Å². The van der Waals surface area contributed by atoms with Crippen LogP contribution >= 0.6 is 11.6 Å². The number of hydrogen-bond acceptors (Lipinski definition) is 3. The van der Waals surface area contributed by atoms with Crippen molar-refractivity contribution in [2.24, 2.45) is 0 Å². The summed E-state index contributed by atoms with van der Waals surface area (Å²) in [5, 5.41) is 2.71. The Kier molecular flexibility index (Phi) is 4.32. The number of sulfone groups is 1. The first kappa shape index (κ1) is 13.0. The van der Waals surface area contributed by atoms with E-state index < -0.39 is 9.84 Å². The number of anilines is 1. The molecule has 1 aromatic carbocycles. The van der Waals surface area contributed by atoms with Crippen LogP contribution in [0.3, 0.4) is 0 Å². The summed E-state index contributed by atoms with van der Waals surface area (Å²) < 4.78 is 23.7. The molecule has 1 aromatic rings. The van der Waals surface area contributed by atoms with Crippen LogP contribution in [-0.4, -0.2) is 20.6 Å². The molecule has 16 heavy (non-hydrogen) atoms. The molecule has 1 N–H and O–H groups in total. The van der Waals surface area contributed by atoms with Gasteiger partial charge in [-0.2, -0.15) is 0 Å². The maximum atomic E-state index is 11.8. The van der Waals surface area contributed by atoms with Crippen LogP contribution in [0, 0.1) is 0 Å². The summed E-state index contributed by atoms with van der Waals surface area (Å²) in [6, 6.07) is 4.30. The van der Waals surface area contributed by atoms with Crippen molar-refractivity contribution in [1.82, 2.24) is 0 Å². The zero-order chi connectivity index (χ0) is 12.2. The number of rotatable bonds is 5. The molecule has 0 atom stereocenters. The number of carbonyl (C=O) groups is 1. The van der Waals surface area contributed by atoms with E-state index in [1.165, 1.54) is 18.2 Å². The second-order valence-corrected chi connectivity index (χ2v) is 5.74. The Balaban J connectivity index is 3.27. The number of hydrogen-bond donors (Lipinski definition) is 1. The predicted molar refractivity (Wildman–Crippen MR) is 63.5 cm³/mol. The van der Waals surface area contributed by atoms with Crippen LogP contribution in [0.1, 0.15) is 13.3 Å². The molecular weight excluding hydrogens is 250 g/mol. The summed E-state index contributed by atoms with van der Waals surface area (Å²) in [6.45, 7) is 1.78. The summed E-state index contributed by atoms with van der Waals surface area (Å²) in [7, 11) is -3.36. The van der Waals surface area contributed by atoms with E-state index in [0.29, 0.717) is 17.9 Å². The van der Waals surface area contributed by atoms with Gasteiger partial charge in [0.05, 0.1) is 16.3 Å². The van der Waals surface area contributed by atoms with Crippen molar-refractivity contribution < 1.29 is 13.2 Å². The first-order valence-corrected chi connectivity index (χ1v) is 6.76. The molecule has 88 valence electrons. The highest BCUT2D eigenvalue weighted by atomic mass is 35.5. The van der Waals surface area contributed by atoms with Crippen molar-refractivity contribution in [3.8, 4) is 0 Å². The molecule has 1 rings (SSSR count). The highest BCUT2D eigenvalue weighted by Crippen LogP contribution is 2.26. The molecule has 0 saturated heterocycles. The third-order valence-corrected chi connectivity index (χ3v) is 4.17. The first-order chi connectivity index (χ1) is 7.51. The van der Waals surface area contributed by atoms with Crippen LogP contribution in [0.15, 0.2) is 23.1 Å². The van der Waals surface area contributed by atoms with E-state index in [1.807, 2.05) is 0 Å². The molecular formula is C10H12ClNO3S. The molecule has 0 aliphatic rings. The highest BCUT2D eigenvalue weighted by Gasteiger charge is 2.17. The van der Waals surface area contributed by atoms with Gasteiger partial charge in [0.15, 0.2) is 9.84 Å². The fraction of sp³-hybridized carbons (Fsp3) is 0.300. The fourth-order valence-corrected chi connectivity index (χ4v) is 2.99. The normalized spacial score (nSPS) is 11.1. The quantitative estimate of drug-likeness (QED) is 0.826. The molecule has 4 nitrogen and oxygen atoms in total. The lowest BCUT2D eigenvalue weighted by atomic mass is 10.3. The molecule has 1 amide bonds. The number of amides is 1. The SMILES string of the molecule is CCCS(=O)(=O)c1ccc(Cl)cc1NC=O. The molecule has 0 unspecified atom stereocenters. The van der Waals surface area contributed by atoms with Gasteiger partial charge >= 0.3 is 0 Å². The summed E-state index contributed by atoms with van der Waals surface area (Å²) in [5.74, 6) is 0.0438. The fourth-order valence-electron chi connectivity index (χ4n) is 1.33. The van der Waals surface area contributed by atoms with Crippen LogP contribution in [0.25, 0.3) is 0 Å². The van der Waals surface area contributed by atoms with Gasteiger partial charge in [0.2, 0.25) is 6.41 Å². The number of benzene rings is 1. The first-order valence-electron chi connectivity index (χ1n) is 4.73. The molecule has 0 bridgehead atoms. The summed E-state index contributed by atoms with van der Waals surface area (Å²) in [6.07, 6.45) is 0.947. The van der Waals surface area contributed by atoms with Crippen molar-refractivity contribution in [2.45, 2.75) is 18.2 Å². The molecule has 0 aliphatic heterocycles. The second kappa shape index (κ2) is 5.32. The topological polar surface area (TPSA) is 63.2 Å². The lowest BCUT2D eigenvalue weighted by Gasteiger charge is -2.09. The van der Waals surface area contributed by atoms with Crippen molar-refractivity contribution >= 4 is 33.5 Å². The summed E-state index contributed by atoms with van der Waals surface area (Å²) in [4.78, 5) is 10.5. The molecule has 0 aliphatic carbocycles. The van der Waals surface area contributed by atoms with Crippen molar-refractivity contribution in [1.29, 1.82) is 0 Å². The monoisotopic (exact) mass is 261 g/mol. The Bertz CT molecular complexity index is 485. The largest absolute Gasteiger partial charge is 0.328 e. The molecule has 0 aromatic heterocycles. The molecule has 0 saturated carbocycles. The van der Waals surface area contributed by atoms with Gasteiger partial charge in [-0.15, -0.1) is 0 Å². The van der Waals surface area contributed by atoms with Crippen molar-refractivity contribution in [3.63, 3.8) is 0 Å². The van der Waals surface area contributed by atoms with E-state index in [9.17, 15) is 13.2 Å². The second-order valence-electron chi connectivity index (χ2n) is 3.22. The smallest absolute Gasteiger partial charge is 0.211 e. The average Bonchev–Trinajstić information content (AvgIpc) is 2.17. The Labute approximate surface area is 99.5 Å². The van der Waals surface area contributed by atoms with E-state index in [0.717, 1.165) is 0 Å². The van der Waals surface area contributed by atoms with Crippen LogP contribution in [0.2, 0.25) is 5.02 Å². The minimum atomic E-state index is -3.36. The Hall–Kier alpha value is -1.07. The van der Waals surface area contributed by atoms with E-state index >= 15 is 0 Å². The standard InChI is InChI=1S/C10H12ClNO3S/c1-2-5-16(14,15)10-4-3-8(11)6-9(10)12-7-13/h3-4,6-7H,2,5H2,1H3,(H,12,13). The maximum Gasteiger partial charge on any atom is 0.211 e. The zero-order valence-corrected chi connectivity index (χ0v) is 10.3. The summed E-state index contributed by atoms with van der Waals surface area (Å²) >= 11 is 5.73. The lowest BCUT2D eigenvalue weighted by Crippen LogP contribution is -2.09. The van der Waals surface area contributed by atoms with Crippen molar-refractivity contribution in [2.75, 3.05) is 11.1 Å². The van der Waals surface area contributed by atoms with Crippen LogP contribution in [0.4, 0.5) is 5.69 Å². The minimum Gasteiger partial charge on any atom is -0.328 e. The van der Waals surface area contributed by atoms with E-state index in [-0.39, 0.29) is 16.3 Å². The lowest BCUT2D eigenvalue weighted by molar-refractivity contribution is -0.105. The van der Waals surface area contributed by atoms with E-state index in [2.05, 4.69) is 5.32 Å². The Morgan fingerprint density at radius 3 is 2.69 bits per heavy atom. The molecule has 0 heterocycles. The Morgan fingerprint density at radius 1 is 1.44 bits per heavy atom. The van der Waals surface area contributed by atoms with E-state index in [4.69, 9.17) is 11.6 Å². The van der Waals surface area contributed by atoms with Gasteiger partial charge in [-0.3, -0.25) is 4.79 Å². The Morgan fingerprint density at radius 2 is 2.12 bits per heavy atom. The third-order valence-electron chi connectivity index (χ3n) is 1.96. The average molecular weight is 262 g/mol. The van der Waals surface area contributed by atoms with Crippen molar-refractivity contribution in [3.05, 3.63) is 23.2 Å². The molecule has 0 radical (unpaired) electrons. The maximum absolute atomic E-state index is 11.8. The zero-order valence-electron chi connectivity index (χ0n) is 8.73. The number of nitrogens with one attached hydrogen (secondary N) is 1. The molecule has 0 spiro atoms. The van der Waals surface area contributed by atoms with Gasteiger partial charge in [-0.05, 0) is 24.6 Å². The van der Waals surface area contributed by atoms with Crippen LogP contribution in [-0.2, 0) is 14.6 Å². The van der Waals surface area contributed by atoms with Gasteiger partial charge in [0.25, 0.3) is 0 Å². The van der Waals surface area contributed by atoms with Gasteiger partial charge in [-0.25, -0.2) is 8.42 Å². The minimum absolute atomic E-state index is 0.0438. The van der Waals surface area contributed by atoms with Gasteiger partial charge in [0, 0.05) is 5.02 Å². The number of carbonyl (C=O) groups excluding carboxylic acids is 1. The highest BCUT2D eigenvalue weighted by molar-refractivity contribution is 7.91. The van der Waals surface area contributed by atoms with Gasteiger partial charge < -0.3 is 5.32 Å². The number of halogens is 1.